The Hall–Kier alpha value is -3.85. The predicted molar refractivity (Wildman–Crippen MR) is 129 cm³/mol. The van der Waals surface area contributed by atoms with E-state index in [9.17, 15) is 9.59 Å². The molecule has 0 bridgehead atoms. The highest BCUT2D eigenvalue weighted by Crippen LogP contribution is 2.25. The zero-order valence-corrected chi connectivity index (χ0v) is 19.6. The molecule has 0 aliphatic carbocycles. The highest BCUT2D eigenvalue weighted by Gasteiger charge is 2.32. The summed E-state index contributed by atoms with van der Waals surface area (Å²) in [6, 6.07) is 13.8. The smallest absolute Gasteiger partial charge is 0.255 e. The number of para-hydroxylation sites is 1. The lowest BCUT2D eigenvalue weighted by molar-refractivity contribution is -0.114. The Morgan fingerprint density at radius 1 is 1.15 bits per heavy atom. The van der Waals surface area contributed by atoms with Gasteiger partial charge in [0.25, 0.3) is 11.8 Å². The van der Waals surface area contributed by atoms with Crippen LogP contribution in [0.15, 0.2) is 59.9 Å². The van der Waals surface area contributed by atoms with E-state index >= 15 is 0 Å². The van der Waals surface area contributed by atoms with Crippen molar-refractivity contribution in [1.29, 1.82) is 5.41 Å². The van der Waals surface area contributed by atoms with E-state index in [1.807, 2.05) is 13.8 Å². The van der Waals surface area contributed by atoms with E-state index in [-0.39, 0.29) is 41.2 Å². The maximum Gasteiger partial charge on any atom is 0.255 e. The number of amides is 2. The third-order valence-electron chi connectivity index (χ3n) is 5.59. The van der Waals surface area contributed by atoms with Crippen LogP contribution in [0.4, 0.5) is 0 Å². The van der Waals surface area contributed by atoms with Crippen molar-refractivity contribution in [2.24, 2.45) is 11.5 Å². The van der Waals surface area contributed by atoms with Crippen molar-refractivity contribution in [3.63, 3.8) is 0 Å². The van der Waals surface area contributed by atoms with Gasteiger partial charge in [-0.05, 0) is 38.0 Å². The number of hydrogen-bond donors (Lipinski definition) is 5. The summed E-state index contributed by atoms with van der Waals surface area (Å²) in [6.07, 6.45) is 0.711. The molecule has 9 nitrogen and oxygen atoms in total. The number of hydrogen-bond acceptors (Lipinski definition) is 7. The third kappa shape index (κ3) is 5.93. The summed E-state index contributed by atoms with van der Waals surface area (Å²) >= 11 is 0. The number of rotatable bonds is 9. The first-order valence-corrected chi connectivity index (χ1v) is 10.9. The zero-order chi connectivity index (χ0) is 24.9. The summed E-state index contributed by atoms with van der Waals surface area (Å²) in [5.74, 6) is -0.502. The number of nitrogens with two attached hydrogens (primary N) is 2. The van der Waals surface area contributed by atoms with Crippen molar-refractivity contribution in [2.75, 3.05) is 13.7 Å². The van der Waals surface area contributed by atoms with Crippen molar-refractivity contribution in [3.05, 3.63) is 76.6 Å². The number of primary amides is 1. The van der Waals surface area contributed by atoms with Gasteiger partial charge in [0.05, 0.1) is 36.6 Å². The van der Waals surface area contributed by atoms with Gasteiger partial charge in [-0.15, -0.1) is 0 Å². The van der Waals surface area contributed by atoms with E-state index < -0.39 is 5.91 Å². The average Bonchev–Trinajstić information content (AvgIpc) is 3.15. The molecule has 7 N–H and O–H groups in total. The first-order chi connectivity index (χ1) is 16.1. The molecule has 1 atom stereocenters. The van der Waals surface area contributed by atoms with Gasteiger partial charge >= 0.3 is 0 Å². The second-order valence-electron chi connectivity index (χ2n) is 8.72. The van der Waals surface area contributed by atoms with Crippen molar-refractivity contribution in [1.82, 2.24) is 10.6 Å². The van der Waals surface area contributed by atoms with Gasteiger partial charge in [-0.3, -0.25) is 15.0 Å². The van der Waals surface area contributed by atoms with Crippen LogP contribution < -0.4 is 26.8 Å². The number of methoxy groups -OCH3 is 1. The minimum absolute atomic E-state index is 0.0527. The lowest BCUT2D eigenvalue weighted by Gasteiger charge is -2.18. The number of nitrogens with one attached hydrogen (secondary N) is 3. The van der Waals surface area contributed by atoms with E-state index in [0.717, 1.165) is 5.56 Å². The van der Waals surface area contributed by atoms with E-state index in [1.165, 1.54) is 7.11 Å². The fraction of sp³-hybridized carbons (Fsp3) is 0.320. The number of benzene rings is 2. The van der Waals surface area contributed by atoms with Crippen molar-refractivity contribution in [3.8, 4) is 5.75 Å². The standard InChI is InChI=1S/C25H31N5O4/c1-25(2)12-17(14-34-25)30-22(27)20(23(28)31)21(26)16-10-8-15(9-11-16)13-29-24(32)18-6-4-5-7-19(18)33-3/h4-11,17,26,30H,12-14,27H2,1-3H3,(H2,28,31)(H,29,32)/b22-20+,26-21?. The van der Waals surface area contributed by atoms with E-state index in [0.29, 0.717) is 29.9 Å². The van der Waals surface area contributed by atoms with Gasteiger partial charge in [0.1, 0.15) is 17.1 Å². The molecule has 0 saturated carbocycles. The number of ether oxygens (including phenoxy) is 2. The zero-order valence-electron chi connectivity index (χ0n) is 19.6. The first-order valence-electron chi connectivity index (χ1n) is 10.9. The quantitative estimate of drug-likeness (QED) is 0.281. The second kappa shape index (κ2) is 10.4. The van der Waals surface area contributed by atoms with Crippen LogP contribution in [0.3, 0.4) is 0 Å². The van der Waals surface area contributed by atoms with Crippen LogP contribution in [0.25, 0.3) is 0 Å². The molecule has 2 amide bonds. The summed E-state index contributed by atoms with van der Waals surface area (Å²) < 4.78 is 10.9. The summed E-state index contributed by atoms with van der Waals surface area (Å²) in [5, 5.41) is 14.4. The molecule has 1 unspecified atom stereocenters. The molecule has 2 aromatic rings. The summed E-state index contributed by atoms with van der Waals surface area (Å²) in [5.41, 5.74) is 13.0. The van der Waals surface area contributed by atoms with Gasteiger partial charge < -0.3 is 31.6 Å². The monoisotopic (exact) mass is 465 g/mol. The summed E-state index contributed by atoms with van der Waals surface area (Å²) in [7, 11) is 1.51. The Morgan fingerprint density at radius 2 is 1.82 bits per heavy atom. The lowest BCUT2D eigenvalue weighted by Crippen LogP contribution is -2.38. The van der Waals surface area contributed by atoms with Crippen molar-refractivity contribution in [2.45, 2.75) is 38.5 Å². The molecular formula is C25H31N5O4. The second-order valence-corrected chi connectivity index (χ2v) is 8.72. The highest BCUT2D eigenvalue weighted by molar-refractivity contribution is 6.26. The minimum atomic E-state index is -0.790. The predicted octanol–water partition coefficient (Wildman–Crippen LogP) is 1.81. The van der Waals surface area contributed by atoms with Gasteiger partial charge in [0.2, 0.25) is 0 Å². The summed E-state index contributed by atoms with van der Waals surface area (Å²) in [6.45, 7) is 4.68. The van der Waals surface area contributed by atoms with Crippen LogP contribution in [-0.4, -0.2) is 42.9 Å². The SMILES string of the molecule is COc1ccccc1C(=O)NCc1ccc(C(=N)/C(C(N)=O)=C(/N)NC2COC(C)(C)C2)cc1. The number of carbonyl (C=O) groups excluding carboxylic acids is 2. The maximum atomic E-state index is 12.5. The maximum absolute atomic E-state index is 12.5. The van der Waals surface area contributed by atoms with E-state index in [2.05, 4.69) is 10.6 Å². The van der Waals surface area contributed by atoms with Crippen molar-refractivity contribution >= 4 is 17.5 Å². The molecule has 0 radical (unpaired) electrons. The molecule has 1 aliphatic heterocycles. The minimum Gasteiger partial charge on any atom is -0.496 e. The Morgan fingerprint density at radius 3 is 2.41 bits per heavy atom. The van der Waals surface area contributed by atoms with Crippen LogP contribution in [0.2, 0.25) is 0 Å². The lowest BCUT2D eigenvalue weighted by atomic mass is 9.99. The van der Waals surface area contributed by atoms with Crippen LogP contribution in [0.5, 0.6) is 5.75 Å². The Bertz CT molecular complexity index is 1110. The van der Waals surface area contributed by atoms with Gasteiger partial charge in [-0.1, -0.05) is 36.4 Å². The molecular weight excluding hydrogens is 434 g/mol. The molecule has 1 fully saturated rings. The summed E-state index contributed by atoms with van der Waals surface area (Å²) in [4.78, 5) is 24.6. The van der Waals surface area contributed by atoms with Gasteiger partial charge in [0.15, 0.2) is 0 Å². The number of carbonyl (C=O) groups is 2. The molecule has 1 aliphatic rings. The van der Waals surface area contributed by atoms with Gasteiger partial charge in [0, 0.05) is 12.1 Å². The third-order valence-corrected chi connectivity index (χ3v) is 5.59. The fourth-order valence-corrected chi connectivity index (χ4v) is 3.86. The van der Waals surface area contributed by atoms with Crippen LogP contribution in [0.1, 0.15) is 41.8 Å². The Labute approximate surface area is 199 Å². The topological polar surface area (TPSA) is 153 Å². The van der Waals surface area contributed by atoms with Gasteiger partial charge in [-0.2, -0.15) is 0 Å². The Kier molecular flexibility index (Phi) is 7.57. The molecule has 180 valence electrons. The van der Waals surface area contributed by atoms with E-state index in [1.54, 1.807) is 48.5 Å². The molecule has 0 spiro atoms. The molecule has 1 heterocycles. The van der Waals surface area contributed by atoms with Gasteiger partial charge in [-0.25, -0.2) is 0 Å². The molecule has 9 heteroatoms. The molecule has 2 aromatic carbocycles. The largest absolute Gasteiger partial charge is 0.496 e. The normalized spacial score (nSPS) is 17.4. The van der Waals surface area contributed by atoms with Crippen LogP contribution in [0, 0.1) is 5.41 Å². The Balaban J connectivity index is 1.68. The first kappa shape index (κ1) is 24.8. The van der Waals surface area contributed by atoms with E-state index in [4.69, 9.17) is 26.4 Å². The molecule has 34 heavy (non-hydrogen) atoms. The molecule has 3 rings (SSSR count). The highest BCUT2D eigenvalue weighted by atomic mass is 16.5. The van der Waals surface area contributed by atoms with Crippen LogP contribution in [-0.2, 0) is 16.1 Å². The molecule has 1 saturated heterocycles. The average molecular weight is 466 g/mol. The molecule has 0 aromatic heterocycles. The van der Waals surface area contributed by atoms with Crippen LogP contribution >= 0.6 is 0 Å². The fourth-order valence-electron chi connectivity index (χ4n) is 3.86. The van der Waals surface area contributed by atoms with Crippen molar-refractivity contribution < 1.29 is 19.1 Å².